The lowest BCUT2D eigenvalue weighted by Gasteiger charge is -2.35. The molecular formula is C22H28N4O2. The number of carbonyl (C=O) groups is 1. The van der Waals surface area contributed by atoms with Crippen molar-refractivity contribution in [1.29, 1.82) is 0 Å². The van der Waals surface area contributed by atoms with E-state index < -0.39 is 0 Å². The fourth-order valence-electron chi connectivity index (χ4n) is 4.35. The molecule has 1 aromatic carbocycles. The highest BCUT2D eigenvalue weighted by Crippen LogP contribution is 2.36. The van der Waals surface area contributed by atoms with Crippen LogP contribution in [0.3, 0.4) is 0 Å². The molecule has 3 heterocycles. The number of hydrogen-bond donors (Lipinski definition) is 0. The SMILES string of the molecule is C=CCN1CCCC2(CC1)CN(C(=O)c1ccnn1C)Cc1ccccc1O2. The van der Waals surface area contributed by atoms with E-state index in [1.807, 2.05) is 36.2 Å². The molecular weight excluding hydrogens is 352 g/mol. The van der Waals surface area contributed by atoms with Gasteiger partial charge in [-0.2, -0.15) is 5.10 Å². The summed E-state index contributed by atoms with van der Waals surface area (Å²) in [6, 6.07) is 9.88. The quantitative estimate of drug-likeness (QED) is 0.769. The first kappa shape index (κ1) is 18.7. The number of ether oxygens (including phenoxy) is 1. The minimum atomic E-state index is -0.364. The van der Waals surface area contributed by atoms with Gasteiger partial charge in [-0.25, -0.2) is 0 Å². The number of para-hydroxylation sites is 1. The van der Waals surface area contributed by atoms with Crippen molar-refractivity contribution in [2.24, 2.45) is 7.05 Å². The molecule has 1 fully saturated rings. The van der Waals surface area contributed by atoms with Gasteiger partial charge >= 0.3 is 0 Å². The van der Waals surface area contributed by atoms with Crippen molar-refractivity contribution in [3.63, 3.8) is 0 Å². The van der Waals surface area contributed by atoms with Crippen LogP contribution in [-0.2, 0) is 13.6 Å². The van der Waals surface area contributed by atoms with E-state index in [4.69, 9.17) is 4.74 Å². The number of aromatic nitrogens is 2. The maximum Gasteiger partial charge on any atom is 0.272 e. The minimum absolute atomic E-state index is 0.00636. The third-order valence-electron chi connectivity index (χ3n) is 5.84. The van der Waals surface area contributed by atoms with E-state index in [0.717, 1.165) is 50.2 Å². The van der Waals surface area contributed by atoms with Gasteiger partial charge in [0.2, 0.25) is 0 Å². The number of amides is 1. The molecule has 2 aliphatic heterocycles. The van der Waals surface area contributed by atoms with Gasteiger partial charge < -0.3 is 9.64 Å². The van der Waals surface area contributed by atoms with E-state index in [9.17, 15) is 4.79 Å². The largest absolute Gasteiger partial charge is 0.485 e. The van der Waals surface area contributed by atoms with Gasteiger partial charge in [0.25, 0.3) is 5.91 Å². The van der Waals surface area contributed by atoms with Gasteiger partial charge in [0.1, 0.15) is 17.0 Å². The fourth-order valence-corrected chi connectivity index (χ4v) is 4.35. The van der Waals surface area contributed by atoms with Crippen molar-refractivity contribution in [3.8, 4) is 5.75 Å². The van der Waals surface area contributed by atoms with Crippen molar-refractivity contribution in [1.82, 2.24) is 19.6 Å². The smallest absolute Gasteiger partial charge is 0.272 e. The molecule has 2 aliphatic rings. The second kappa shape index (κ2) is 7.80. The fraction of sp³-hybridized carbons (Fsp3) is 0.455. The average molecular weight is 380 g/mol. The van der Waals surface area contributed by atoms with Gasteiger partial charge in [-0.05, 0) is 31.5 Å². The summed E-state index contributed by atoms with van der Waals surface area (Å²) in [4.78, 5) is 17.7. The summed E-state index contributed by atoms with van der Waals surface area (Å²) in [7, 11) is 1.81. The first-order valence-corrected chi connectivity index (χ1v) is 9.98. The number of nitrogens with zero attached hydrogens (tertiary/aromatic N) is 4. The van der Waals surface area contributed by atoms with Gasteiger partial charge in [0.05, 0.1) is 6.54 Å². The molecule has 1 amide bonds. The summed E-state index contributed by atoms with van der Waals surface area (Å²) < 4.78 is 8.30. The number of benzene rings is 1. The molecule has 0 radical (unpaired) electrons. The predicted molar refractivity (Wildman–Crippen MR) is 108 cm³/mol. The predicted octanol–water partition coefficient (Wildman–Crippen LogP) is 2.87. The van der Waals surface area contributed by atoms with Crippen molar-refractivity contribution >= 4 is 5.91 Å². The molecule has 2 aromatic rings. The number of fused-ring (bicyclic) bond motifs is 1. The lowest BCUT2D eigenvalue weighted by molar-refractivity contribution is 0.0213. The summed E-state index contributed by atoms with van der Waals surface area (Å²) in [5.41, 5.74) is 1.30. The number of rotatable bonds is 3. The Hall–Kier alpha value is -2.60. The lowest BCUT2D eigenvalue weighted by Crippen LogP contribution is -2.48. The molecule has 0 aliphatic carbocycles. The highest BCUT2D eigenvalue weighted by atomic mass is 16.5. The van der Waals surface area contributed by atoms with Crippen molar-refractivity contribution < 1.29 is 9.53 Å². The average Bonchev–Trinajstić information content (AvgIpc) is 2.93. The standard InChI is InChI=1S/C22H28N4O2/c1-3-13-25-14-6-10-22(11-15-25)17-26(21(27)19-9-12-23-24(19)2)16-18-7-4-5-8-20(18)28-22/h3-5,7-9,12H,1,6,10-11,13-17H2,2H3. The molecule has 4 rings (SSSR count). The van der Waals surface area contributed by atoms with Crippen LogP contribution in [0.4, 0.5) is 0 Å². The zero-order valence-electron chi connectivity index (χ0n) is 16.5. The van der Waals surface area contributed by atoms with E-state index in [1.54, 1.807) is 16.9 Å². The molecule has 0 bridgehead atoms. The summed E-state index contributed by atoms with van der Waals surface area (Å²) in [6.45, 7) is 7.89. The third kappa shape index (κ3) is 3.69. The Kier molecular flexibility index (Phi) is 5.22. The van der Waals surface area contributed by atoms with Crippen LogP contribution in [0.1, 0.15) is 35.3 Å². The second-order valence-corrected chi connectivity index (χ2v) is 7.84. The zero-order chi connectivity index (χ0) is 19.6. The second-order valence-electron chi connectivity index (χ2n) is 7.84. The third-order valence-corrected chi connectivity index (χ3v) is 5.84. The van der Waals surface area contributed by atoms with E-state index in [1.165, 1.54) is 0 Å². The van der Waals surface area contributed by atoms with Crippen LogP contribution in [0, 0.1) is 0 Å². The Morgan fingerprint density at radius 1 is 1.29 bits per heavy atom. The topological polar surface area (TPSA) is 50.6 Å². The van der Waals surface area contributed by atoms with Crippen LogP contribution in [0.2, 0.25) is 0 Å². The van der Waals surface area contributed by atoms with Crippen LogP contribution in [0.5, 0.6) is 5.75 Å². The summed E-state index contributed by atoms with van der Waals surface area (Å²) >= 11 is 0. The summed E-state index contributed by atoms with van der Waals surface area (Å²) in [5, 5.41) is 4.17. The zero-order valence-corrected chi connectivity index (χ0v) is 16.5. The van der Waals surface area contributed by atoms with Gasteiger partial charge in [-0.1, -0.05) is 24.3 Å². The number of carbonyl (C=O) groups excluding carboxylic acids is 1. The Bertz CT molecular complexity index is 862. The number of likely N-dealkylation sites (tertiary alicyclic amines) is 1. The monoisotopic (exact) mass is 380 g/mol. The number of hydrogen-bond acceptors (Lipinski definition) is 4. The van der Waals surface area contributed by atoms with Crippen LogP contribution < -0.4 is 4.74 Å². The molecule has 28 heavy (non-hydrogen) atoms. The number of aryl methyl sites for hydroxylation is 1. The maximum absolute atomic E-state index is 13.3. The van der Waals surface area contributed by atoms with Gasteiger partial charge in [-0.3, -0.25) is 14.4 Å². The first-order valence-electron chi connectivity index (χ1n) is 9.98. The molecule has 6 nitrogen and oxygen atoms in total. The van der Waals surface area contributed by atoms with E-state index in [0.29, 0.717) is 18.8 Å². The molecule has 1 saturated heterocycles. The Labute approximate surface area is 166 Å². The van der Waals surface area contributed by atoms with Gasteiger partial charge in [0, 0.05) is 44.9 Å². The Morgan fingerprint density at radius 3 is 2.93 bits per heavy atom. The van der Waals surface area contributed by atoms with E-state index in [-0.39, 0.29) is 11.5 Å². The van der Waals surface area contributed by atoms with Crippen molar-refractivity contribution in [2.75, 3.05) is 26.2 Å². The molecule has 1 atom stereocenters. The Morgan fingerprint density at radius 2 is 2.14 bits per heavy atom. The molecule has 1 unspecified atom stereocenters. The van der Waals surface area contributed by atoms with Crippen molar-refractivity contribution in [2.45, 2.75) is 31.4 Å². The molecule has 1 aromatic heterocycles. The van der Waals surface area contributed by atoms with Gasteiger partial charge in [-0.15, -0.1) is 6.58 Å². The maximum atomic E-state index is 13.3. The van der Waals surface area contributed by atoms with Crippen LogP contribution in [0.25, 0.3) is 0 Å². The lowest BCUT2D eigenvalue weighted by atomic mass is 9.93. The van der Waals surface area contributed by atoms with Crippen molar-refractivity contribution in [3.05, 3.63) is 60.4 Å². The molecule has 6 heteroatoms. The summed E-state index contributed by atoms with van der Waals surface area (Å²) in [6.07, 6.45) is 6.50. The van der Waals surface area contributed by atoms with E-state index in [2.05, 4.69) is 22.6 Å². The molecule has 0 saturated carbocycles. The molecule has 148 valence electrons. The first-order chi connectivity index (χ1) is 13.6. The normalized spacial score (nSPS) is 22.8. The molecule has 1 spiro atoms. The van der Waals surface area contributed by atoms with E-state index >= 15 is 0 Å². The van der Waals surface area contributed by atoms with Crippen LogP contribution in [-0.4, -0.2) is 57.3 Å². The van der Waals surface area contributed by atoms with Crippen LogP contribution >= 0.6 is 0 Å². The van der Waals surface area contributed by atoms with Gasteiger partial charge in [0.15, 0.2) is 0 Å². The Balaban J connectivity index is 1.66. The summed E-state index contributed by atoms with van der Waals surface area (Å²) in [5.74, 6) is 0.909. The highest BCUT2D eigenvalue weighted by molar-refractivity contribution is 5.92. The van der Waals surface area contributed by atoms with Crippen LogP contribution in [0.15, 0.2) is 49.2 Å². The minimum Gasteiger partial charge on any atom is -0.485 e. The highest BCUT2D eigenvalue weighted by Gasteiger charge is 2.40. The molecule has 0 N–H and O–H groups in total.